The first-order valence-corrected chi connectivity index (χ1v) is 7.84. The van der Waals surface area contributed by atoms with E-state index in [0.29, 0.717) is 18.2 Å². The molecule has 2 aromatic rings. The van der Waals surface area contributed by atoms with Crippen molar-refractivity contribution in [2.45, 2.75) is 46.1 Å². The molecule has 0 fully saturated rings. The number of nitrogens with zero attached hydrogens (tertiary/aromatic N) is 4. The molecule has 2 amide bonds. The van der Waals surface area contributed by atoms with E-state index < -0.39 is 17.5 Å². The minimum Gasteiger partial charge on any atom is -0.481 e. The first-order valence-electron chi connectivity index (χ1n) is 7.84. The number of anilines is 1. The highest BCUT2D eigenvalue weighted by Crippen LogP contribution is 2.14. The quantitative estimate of drug-likeness (QED) is 0.736. The molecule has 134 valence electrons. The van der Waals surface area contributed by atoms with Crippen LogP contribution in [0.5, 0.6) is 0 Å². The molecule has 0 aromatic carbocycles. The zero-order valence-corrected chi connectivity index (χ0v) is 14.7. The highest BCUT2D eigenvalue weighted by Gasteiger charge is 2.22. The average molecular weight is 346 g/mol. The van der Waals surface area contributed by atoms with Crippen LogP contribution >= 0.6 is 0 Å². The van der Waals surface area contributed by atoms with Gasteiger partial charge in [0.2, 0.25) is 0 Å². The van der Waals surface area contributed by atoms with Crippen LogP contribution in [0.4, 0.5) is 10.6 Å². The molecule has 0 saturated carbocycles. The zero-order valence-electron chi connectivity index (χ0n) is 14.7. The Morgan fingerprint density at radius 3 is 2.48 bits per heavy atom. The van der Waals surface area contributed by atoms with Crippen LogP contribution in [0.15, 0.2) is 18.3 Å². The lowest BCUT2D eigenvalue weighted by Gasteiger charge is -2.25. The summed E-state index contributed by atoms with van der Waals surface area (Å²) >= 11 is 0. The molecular weight excluding hydrogens is 324 g/mol. The Morgan fingerprint density at radius 2 is 1.88 bits per heavy atom. The van der Waals surface area contributed by atoms with Crippen molar-refractivity contribution in [3.8, 4) is 5.95 Å². The Hall–Kier alpha value is -2.97. The summed E-state index contributed by atoms with van der Waals surface area (Å²) in [5.41, 5.74) is 0.926. The smallest absolute Gasteiger partial charge is 0.320 e. The number of carboxylic acid groups (broad SMARTS) is 1. The molecule has 0 spiro atoms. The summed E-state index contributed by atoms with van der Waals surface area (Å²) in [4.78, 5) is 31.6. The Morgan fingerprint density at radius 1 is 1.24 bits per heavy atom. The summed E-state index contributed by atoms with van der Waals surface area (Å²) in [5, 5.41) is 18.4. The van der Waals surface area contributed by atoms with Gasteiger partial charge in [-0.25, -0.2) is 14.8 Å². The van der Waals surface area contributed by atoms with E-state index in [4.69, 9.17) is 5.11 Å². The lowest BCUT2D eigenvalue weighted by molar-refractivity contribution is -0.137. The number of carbonyl (C=O) groups is 2. The van der Waals surface area contributed by atoms with Crippen molar-refractivity contribution in [1.82, 2.24) is 25.1 Å². The van der Waals surface area contributed by atoms with Crippen LogP contribution in [0, 0.1) is 13.8 Å². The molecule has 2 rings (SSSR count). The van der Waals surface area contributed by atoms with Gasteiger partial charge in [0.25, 0.3) is 5.95 Å². The van der Waals surface area contributed by atoms with E-state index in [1.165, 1.54) is 10.9 Å². The monoisotopic (exact) mass is 346 g/mol. The van der Waals surface area contributed by atoms with Crippen molar-refractivity contribution < 1.29 is 14.7 Å². The number of aromatic nitrogens is 4. The maximum absolute atomic E-state index is 12.2. The zero-order chi connectivity index (χ0) is 18.6. The van der Waals surface area contributed by atoms with Crippen LogP contribution in [0.25, 0.3) is 5.95 Å². The third-order valence-corrected chi connectivity index (χ3v) is 3.46. The second-order valence-corrected chi connectivity index (χ2v) is 6.44. The first kappa shape index (κ1) is 18.4. The second-order valence-electron chi connectivity index (χ2n) is 6.44. The SMILES string of the molecule is Cc1cc(C)nc(-n2nccc2NC(=O)NC(C)(C)CCC(=O)O)n1. The van der Waals surface area contributed by atoms with E-state index in [2.05, 4.69) is 25.7 Å². The molecule has 0 radical (unpaired) electrons. The van der Waals surface area contributed by atoms with Crippen molar-refractivity contribution >= 4 is 17.8 Å². The normalized spacial score (nSPS) is 11.2. The van der Waals surface area contributed by atoms with Gasteiger partial charge in [-0.3, -0.25) is 10.1 Å². The van der Waals surface area contributed by atoms with E-state index in [1.807, 2.05) is 19.9 Å². The van der Waals surface area contributed by atoms with Gasteiger partial charge < -0.3 is 10.4 Å². The van der Waals surface area contributed by atoms with Crippen LogP contribution < -0.4 is 10.6 Å². The third kappa shape index (κ3) is 5.27. The van der Waals surface area contributed by atoms with Gasteiger partial charge in [-0.2, -0.15) is 9.78 Å². The fourth-order valence-electron chi connectivity index (χ4n) is 2.30. The van der Waals surface area contributed by atoms with Crippen LogP contribution in [-0.4, -0.2) is 42.4 Å². The Labute approximate surface area is 145 Å². The number of aryl methyl sites for hydroxylation is 2. The van der Waals surface area contributed by atoms with E-state index in [0.717, 1.165) is 11.4 Å². The molecule has 0 bridgehead atoms. The topological polar surface area (TPSA) is 122 Å². The van der Waals surface area contributed by atoms with Crippen molar-refractivity contribution in [3.05, 3.63) is 29.7 Å². The van der Waals surface area contributed by atoms with Crippen molar-refractivity contribution in [1.29, 1.82) is 0 Å². The minimum atomic E-state index is -0.902. The maximum atomic E-state index is 12.2. The van der Waals surface area contributed by atoms with Crippen molar-refractivity contribution in [3.63, 3.8) is 0 Å². The van der Waals surface area contributed by atoms with E-state index in [-0.39, 0.29) is 6.42 Å². The minimum absolute atomic E-state index is 0.0262. The number of hydrogen-bond donors (Lipinski definition) is 3. The molecule has 0 aliphatic carbocycles. The summed E-state index contributed by atoms with van der Waals surface area (Å²) in [6.45, 7) is 7.23. The lowest BCUT2D eigenvalue weighted by Crippen LogP contribution is -2.46. The largest absolute Gasteiger partial charge is 0.481 e. The van der Waals surface area contributed by atoms with Gasteiger partial charge >= 0.3 is 12.0 Å². The van der Waals surface area contributed by atoms with Crippen molar-refractivity contribution in [2.75, 3.05) is 5.32 Å². The Balaban J connectivity index is 2.10. The van der Waals surface area contributed by atoms with Gasteiger partial charge in [0.1, 0.15) is 5.82 Å². The van der Waals surface area contributed by atoms with Gasteiger partial charge in [0.05, 0.1) is 6.20 Å². The molecule has 0 unspecified atom stereocenters. The highest BCUT2D eigenvalue weighted by molar-refractivity contribution is 5.89. The second kappa shape index (κ2) is 7.29. The molecule has 0 aliphatic heterocycles. The molecule has 0 atom stereocenters. The summed E-state index contributed by atoms with van der Waals surface area (Å²) < 4.78 is 1.43. The summed E-state index contributed by atoms with van der Waals surface area (Å²) in [5.74, 6) is -0.125. The molecule has 9 heteroatoms. The molecule has 2 heterocycles. The van der Waals surface area contributed by atoms with Gasteiger partial charge in [-0.15, -0.1) is 0 Å². The molecule has 2 aromatic heterocycles. The van der Waals surface area contributed by atoms with E-state index >= 15 is 0 Å². The number of rotatable bonds is 6. The van der Waals surface area contributed by atoms with Gasteiger partial charge in [-0.05, 0) is 40.2 Å². The predicted molar refractivity (Wildman–Crippen MR) is 91.7 cm³/mol. The fourth-order valence-corrected chi connectivity index (χ4v) is 2.30. The van der Waals surface area contributed by atoms with E-state index in [1.54, 1.807) is 19.9 Å². The summed E-state index contributed by atoms with van der Waals surface area (Å²) in [6.07, 6.45) is 1.82. The average Bonchev–Trinajstić information content (AvgIpc) is 2.91. The van der Waals surface area contributed by atoms with E-state index in [9.17, 15) is 9.59 Å². The molecular formula is C16H22N6O3. The number of aliphatic carboxylic acids is 1. The molecule has 9 nitrogen and oxygen atoms in total. The van der Waals surface area contributed by atoms with Crippen LogP contribution in [0.1, 0.15) is 38.1 Å². The maximum Gasteiger partial charge on any atom is 0.320 e. The molecule has 0 saturated heterocycles. The van der Waals surface area contributed by atoms with Gasteiger partial charge in [0.15, 0.2) is 0 Å². The fraction of sp³-hybridized carbons (Fsp3) is 0.438. The highest BCUT2D eigenvalue weighted by atomic mass is 16.4. The standard InChI is InChI=1S/C16H22N6O3/c1-10-9-11(2)19-14(18-10)22-12(6-8-17-22)20-15(25)21-16(3,4)7-5-13(23)24/h6,8-9H,5,7H2,1-4H3,(H,23,24)(H2,20,21,25). The number of carboxylic acids is 1. The number of hydrogen-bond acceptors (Lipinski definition) is 5. The molecule has 0 aliphatic rings. The Kier molecular flexibility index (Phi) is 5.35. The third-order valence-electron chi connectivity index (χ3n) is 3.46. The summed E-state index contributed by atoms with van der Waals surface area (Å²) in [7, 11) is 0. The first-order chi connectivity index (χ1) is 11.7. The number of amides is 2. The van der Waals surface area contributed by atoms with Crippen LogP contribution in [-0.2, 0) is 4.79 Å². The van der Waals surface area contributed by atoms with Crippen LogP contribution in [0.3, 0.4) is 0 Å². The number of urea groups is 1. The lowest BCUT2D eigenvalue weighted by atomic mass is 9.99. The van der Waals surface area contributed by atoms with Gasteiger partial charge in [-0.1, -0.05) is 0 Å². The predicted octanol–water partition coefficient (Wildman–Crippen LogP) is 2.04. The Bertz CT molecular complexity index is 764. The number of carbonyl (C=O) groups excluding carboxylic acids is 1. The molecule has 25 heavy (non-hydrogen) atoms. The van der Waals surface area contributed by atoms with Gasteiger partial charge in [0, 0.05) is 29.4 Å². The van der Waals surface area contributed by atoms with Crippen molar-refractivity contribution in [2.24, 2.45) is 0 Å². The molecule has 3 N–H and O–H groups in total. The van der Waals surface area contributed by atoms with Crippen LogP contribution in [0.2, 0.25) is 0 Å². The summed E-state index contributed by atoms with van der Waals surface area (Å²) in [6, 6.07) is 3.02. The number of nitrogens with one attached hydrogen (secondary N) is 2.